The molecule has 2 aliphatic carbocycles. The van der Waals surface area contributed by atoms with Crippen molar-refractivity contribution >= 4 is 6.02 Å². The minimum absolute atomic E-state index is 0.420. The average Bonchev–Trinajstić information content (AvgIpc) is 2.64. The molecule has 0 atom stereocenters. The Hall–Kier alpha value is -1.55. The summed E-state index contributed by atoms with van der Waals surface area (Å²) in [5.74, 6) is 0. The molecule has 3 rings (SSSR count). The Bertz CT molecular complexity index is 491. The van der Waals surface area contributed by atoms with Gasteiger partial charge in [0.05, 0.1) is 12.6 Å². The van der Waals surface area contributed by atoms with E-state index in [-0.39, 0.29) is 0 Å². The number of benzene rings is 1. The fraction of sp³-hybridized carbons (Fsp3) is 0.650. The highest BCUT2D eigenvalue weighted by molar-refractivity contribution is 5.73. The first-order chi connectivity index (χ1) is 11.9. The van der Waals surface area contributed by atoms with Crippen molar-refractivity contribution in [3.63, 3.8) is 0 Å². The summed E-state index contributed by atoms with van der Waals surface area (Å²) < 4.78 is 0. The van der Waals surface area contributed by atoms with Crippen molar-refractivity contribution in [3.8, 4) is 0 Å². The summed E-state index contributed by atoms with van der Waals surface area (Å²) in [6.07, 6.45) is 12.8. The Labute approximate surface area is 146 Å². The largest absolute Gasteiger partial charge is 0.370 e. The van der Waals surface area contributed by atoms with Gasteiger partial charge in [-0.05, 0) is 31.2 Å². The van der Waals surface area contributed by atoms with E-state index in [4.69, 9.17) is 9.83 Å². The SMILES string of the molecule is c1ccc(CNOC(=NC2CCCCC2)NC2CCCCC2)cc1. The van der Waals surface area contributed by atoms with E-state index in [1.807, 2.05) is 18.2 Å². The maximum Gasteiger partial charge on any atom is 0.305 e. The second-order valence-corrected chi connectivity index (χ2v) is 7.11. The highest BCUT2D eigenvalue weighted by atomic mass is 16.7. The van der Waals surface area contributed by atoms with E-state index in [1.165, 1.54) is 69.8 Å². The van der Waals surface area contributed by atoms with Gasteiger partial charge in [0.15, 0.2) is 0 Å². The van der Waals surface area contributed by atoms with Crippen LogP contribution in [0.1, 0.15) is 69.8 Å². The number of hydroxylamine groups is 1. The first-order valence-electron chi connectivity index (χ1n) is 9.68. The van der Waals surface area contributed by atoms with Gasteiger partial charge in [-0.3, -0.25) is 0 Å². The summed E-state index contributed by atoms with van der Waals surface area (Å²) in [4.78, 5) is 10.7. The molecule has 0 amide bonds. The molecule has 0 spiro atoms. The van der Waals surface area contributed by atoms with Crippen LogP contribution in [0.15, 0.2) is 35.3 Å². The zero-order chi connectivity index (χ0) is 16.5. The van der Waals surface area contributed by atoms with E-state index in [9.17, 15) is 0 Å². The molecule has 0 unspecified atom stereocenters. The number of nitrogens with one attached hydrogen (secondary N) is 2. The number of hydrogen-bond donors (Lipinski definition) is 2. The number of aliphatic imine (C=N–C) groups is 1. The van der Waals surface area contributed by atoms with Gasteiger partial charge >= 0.3 is 6.02 Å². The third-order valence-electron chi connectivity index (χ3n) is 5.10. The first kappa shape index (κ1) is 17.3. The average molecular weight is 329 g/mol. The fourth-order valence-electron chi connectivity index (χ4n) is 3.67. The molecular formula is C20H31N3O. The third-order valence-corrected chi connectivity index (χ3v) is 5.10. The van der Waals surface area contributed by atoms with Crippen LogP contribution in [-0.2, 0) is 11.4 Å². The van der Waals surface area contributed by atoms with Crippen LogP contribution in [0.2, 0.25) is 0 Å². The molecule has 0 saturated heterocycles. The second kappa shape index (κ2) is 9.67. The lowest BCUT2D eigenvalue weighted by Gasteiger charge is -2.25. The monoisotopic (exact) mass is 329 g/mol. The maximum atomic E-state index is 5.84. The van der Waals surface area contributed by atoms with Crippen LogP contribution >= 0.6 is 0 Å². The third kappa shape index (κ3) is 5.82. The standard InChI is InChI=1S/C20H31N3O/c1-4-10-17(11-5-1)16-21-24-20(22-18-12-6-2-7-13-18)23-19-14-8-3-9-15-19/h1,4-5,10-11,18-19,21H,2-3,6-9,12-16H2,(H,22,23). The van der Waals surface area contributed by atoms with Gasteiger partial charge in [0.2, 0.25) is 0 Å². The molecule has 0 aliphatic heterocycles. The molecule has 24 heavy (non-hydrogen) atoms. The summed E-state index contributed by atoms with van der Waals surface area (Å²) >= 11 is 0. The second-order valence-electron chi connectivity index (χ2n) is 7.11. The van der Waals surface area contributed by atoms with Crippen LogP contribution in [-0.4, -0.2) is 18.1 Å². The van der Waals surface area contributed by atoms with Crippen molar-refractivity contribution in [1.29, 1.82) is 0 Å². The van der Waals surface area contributed by atoms with Crippen molar-refractivity contribution in [1.82, 2.24) is 10.8 Å². The van der Waals surface area contributed by atoms with E-state index >= 15 is 0 Å². The molecule has 2 N–H and O–H groups in total. The smallest absolute Gasteiger partial charge is 0.305 e. The highest BCUT2D eigenvalue weighted by Gasteiger charge is 2.18. The van der Waals surface area contributed by atoms with Crippen molar-refractivity contribution < 1.29 is 4.84 Å². The minimum atomic E-state index is 0.420. The molecule has 132 valence electrons. The maximum absolute atomic E-state index is 5.84. The molecule has 2 fully saturated rings. The quantitative estimate of drug-likeness (QED) is 0.480. The molecule has 0 aromatic heterocycles. The summed E-state index contributed by atoms with van der Waals surface area (Å²) in [5.41, 5.74) is 4.30. The van der Waals surface area contributed by atoms with Crippen molar-refractivity contribution in [3.05, 3.63) is 35.9 Å². The van der Waals surface area contributed by atoms with Gasteiger partial charge in [-0.25, -0.2) is 4.99 Å². The molecule has 0 heterocycles. The number of rotatable bonds is 5. The van der Waals surface area contributed by atoms with Gasteiger partial charge in [-0.1, -0.05) is 68.9 Å². The first-order valence-corrected chi connectivity index (χ1v) is 9.68. The number of nitrogens with zero attached hydrogens (tertiary/aromatic N) is 1. The van der Waals surface area contributed by atoms with Gasteiger partial charge in [-0.2, -0.15) is 0 Å². The van der Waals surface area contributed by atoms with Crippen LogP contribution in [0.4, 0.5) is 0 Å². The van der Waals surface area contributed by atoms with Crippen molar-refractivity contribution in [2.45, 2.75) is 82.8 Å². The normalized spacial score (nSPS) is 20.8. The van der Waals surface area contributed by atoms with Gasteiger partial charge in [0.1, 0.15) is 0 Å². The lowest BCUT2D eigenvalue weighted by molar-refractivity contribution is 0.158. The van der Waals surface area contributed by atoms with Gasteiger partial charge in [0.25, 0.3) is 0 Å². The van der Waals surface area contributed by atoms with E-state index < -0.39 is 0 Å². The Morgan fingerprint density at radius 1 is 0.917 bits per heavy atom. The topological polar surface area (TPSA) is 45.6 Å². The van der Waals surface area contributed by atoms with Crippen LogP contribution in [0.25, 0.3) is 0 Å². The minimum Gasteiger partial charge on any atom is -0.370 e. The van der Waals surface area contributed by atoms with Crippen molar-refractivity contribution in [2.24, 2.45) is 4.99 Å². The van der Waals surface area contributed by atoms with E-state index in [0.717, 1.165) is 0 Å². The van der Waals surface area contributed by atoms with Gasteiger partial charge in [0, 0.05) is 6.04 Å². The Morgan fingerprint density at radius 2 is 1.58 bits per heavy atom. The Morgan fingerprint density at radius 3 is 2.29 bits per heavy atom. The summed E-state index contributed by atoms with van der Waals surface area (Å²) in [6.45, 7) is 0.691. The molecular weight excluding hydrogens is 298 g/mol. The molecule has 4 heteroatoms. The summed E-state index contributed by atoms with van der Waals surface area (Å²) in [6, 6.07) is 12.0. The fourth-order valence-corrected chi connectivity index (χ4v) is 3.67. The zero-order valence-electron chi connectivity index (χ0n) is 14.7. The molecule has 1 aromatic carbocycles. The summed E-state index contributed by atoms with van der Waals surface area (Å²) in [5, 5.41) is 3.55. The predicted molar refractivity (Wildman–Crippen MR) is 98.7 cm³/mol. The van der Waals surface area contributed by atoms with Crippen molar-refractivity contribution in [2.75, 3.05) is 0 Å². The number of amidine groups is 1. The van der Waals surface area contributed by atoms with Crippen LogP contribution < -0.4 is 10.8 Å². The van der Waals surface area contributed by atoms with E-state index in [2.05, 4.69) is 22.9 Å². The lowest BCUT2D eigenvalue weighted by Crippen LogP contribution is -2.41. The Balaban J connectivity index is 1.54. The van der Waals surface area contributed by atoms with Crippen LogP contribution in [0, 0.1) is 0 Å². The molecule has 0 radical (unpaired) electrons. The number of hydrogen-bond acceptors (Lipinski definition) is 3. The lowest BCUT2D eigenvalue weighted by atomic mass is 9.95. The molecule has 1 aromatic rings. The molecule has 4 nitrogen and oxygen atoms in total. The molecule has 0 bridgehead atoms. The van der Waals surface area contributed by atoms with Crippen LogP contribution in [0.3, 0.4) is 0 Å². The van der Waals surface area contributed by atoms with Gasteiger partial charge < -0.3 is 10.2 Å². The molecule has 2 aliphatic rings. The van der Waals surface area contributed by atoms with E-state index in [1.54, 1.807) is 0 Å². The molecule has 2 saturated carbocycles. The highest BCUT2D eigenvalue weighted by Crippen LogP contribution is 2.21. The predicted octanol–water partition coefficient (Wildman–Crippen LogP) is 4.32. The Kier molecular flexibility index (Phi) is 6.97. The van der Waals surface area contributed by atoms with Crippen LogP contribution in [0.5, 0.6) is 0 Å². The van der Waals surface area contributed by atoms with Gasteiger partial charge in [-0.15, -0.1) is 5.48 Å². The van der Waals surface area contributed by atoms with E-state index in [0.29, 0.717) is 24.7 Å². The zero-order valence-corrected chi connectivity index (χ0v) is 14.7. The summed E-state index contributed by atoms with van der Waals surface area (Å²) in [7, 11) is 0.